The van der Waals surface area contributed by atoms with Crippen LogP contribution in [0.4, 0.5) is 5.69 Å². The van der Waals surface area contributed by atoms with Crippen LogP contribution < -0.4 is 19.1 Å². The molecule has 7 nitrogen and oxygen atoms in total. The Morgan fingerprint density at radius 1 is 0.967 bits per heavy atom. The molecule has 0 spiro atoms. The molecule has 2 amide bonds. The molecular weight excluding hydrogens is 384 g/mol. The molecule has 30 heavy (non-hydrogen) atoms. The average Bonchev–Trinajstić information content (AvgIpc) is 3.18. The zero-order chi connectivity index (χ0) is 21.3. The molecule has 158 valence electrons. The first-order valence-electron chi connectivity index (χ1n) is 10.0. The Labute approximate surface area is 176 Å². The third-order valence-corrected chi connectivity index (χ3v) is 5.88. The number of ether oxygens (including phenoxy) is 3. The molecule has 2 heterocycles. The van der Waals surface area contributed by atoms with Crippen molar-refractivity contribution in [1.29, 1.82) is 0 Å². The Morgan fingerprint density at radius 2 is 1.63 bits per heavy atom. The van der Waals surface area contributed by atoms with Gasteiger partial charge in [0, 0.05) is 26.1 Å². The van der Waals surface area contributed by atoms with Gasteiger partial charge in [-0.3, -0.25) is 9.59 Å². The lowest BCUT2D eigenvalue weighted by Crippen LogP contribution is -2.40. The smallest absolute Gasteiger partial charge is 0.228 e. The summed E-state index contributed by atoms with van der Waals surface area (Å²) in [6.07, 6.45) is 0.963. The minimum absolute atomic E-state index is 0.0150. The first kappa shape index (κ1) is 20.1. The molecule has 0 radical (unpaired) electrons. The maximum Gasteiger partial charge on any atom is 0.228 e. The molecule has 4 rings (SSSR count). The number of methoxy groups -OCH3 is 3. The fourth-order valence-corrected chi connectivity index (χ4v) is 4.29. The van der Waals surface area contributed by atoms with Crippen molar-refractivity contribution in [2.45, 2.75) is 19.4 Å². The highest BCUT2D eigenvalue weighted by Gasteiger charge is 2.38. The van der Waals surface area contributed by atoms with E-state index in [1.165, 1.54) is 0 Å². The predicted molar refractivity (Wildman–Crippen MR) is 112 cm³/mol. The second kappa shape index (κ2) is 8.26. The second-order valence-electron chi connectivity index (χ2n) is 7.56. The maximum atomic E-state index is 13.2. The van der Waals surface area contributed by atoms with Gasteiger partial charge in [-0.25, -0.2) is 0 Å². The lowest BCUT2D eigenvalue weighted by atomic mass is 9.97. The number of nitrogens with zero attached hydrogens (tertiary/aromatic N) is 2. The molecule has 7 heteroatoms. The Bertz CT molecular complexity index is 974. The van der Waals surface area contributed by atoms with Gasteiger partial charge in [0.2, 0.25) is 11.8 Å². The summed E-state index contributed by atoms with van der Waals surface area (Å²) in [5.41, 5.74) is 2.93. The van der Waals surface area contributed by atoms with Crippen LogP contribution in [-0.2, 0) is 22.6 Å². The Kier molecular flexibility index (Phi) is 5.53. The molecule has 0 N–H and O–H groups in total. The SMILES string of the molecule is COc1cc2c(cc1OC)CN(C(=O)[C@H]1CC(=O)N(c3ccccc3OC)C1)CC2. The molecule has 2 aliphatic heterocycles. The minimum atomic E-state index is -0.357. The molecular formula is C23H26N2O5. The quantitative estimate of drug-likeness (QED) is 0.758. The lowest BCUT2D eigenvalue weighted by molar-refractivity contribution is -0.136. The molecule has 0 unspecified atom stereocenters. The number of anilines is 1. The molecule has 2 aromatic carbocycles. The van der Waals surface area contributed by atoms with Crippen molar-refractivity contribution in [2.24, 2.45) is 5.92 Å². The number of para-hydroxylation sites is 2. The number of hydrogen-bond donors (Lipinski definition) is 0. The van der Waals surface area contributed by atoms with Gasteiger partial charge in [0.05, 0.1) is 32.9 Å². The highest BCUT2D eigenvalue weighted by Crippen LogP contribution is 2.36. The van der Waals surface area contributed by atoms with Crippen LogP contribution in [-0.4, -0.2) is 51.1 Å². The largest absolute Gasteiger partial charge is 0.495 e. The molecule has 2 aromatic rings. The standard InChI is InChI=1S/C23H26N2O5/c1-28-19-7-5-4-6-18(19)25-14-17(12-22(25)26)23(27)24-9-8-15-10-20(29-2)21(30-3)11-16(15)13-24/h4-7,10-11,17H,8-9,12-14H2,1-3H3/t17-/m0/s1. The van der Waals surface area contributed by atoms with Crippen LogP contribution in [0.1, 0.15) is 17.5 Å². The van der Waals surface area contributed by atoms with Gasteiger partial charge in [-0.15, -0.1) is 0 Å². The summed E-state index contributed by atoms with van der Waals surface area (Å²) in [6.45, 7) is 1.50. The van der Waals surface area contributed by atoms with Gasteiger partial charge in [-0.1, -0.05) is 12.1 Å². The van der Waals surface area contributed by atoms with Crippen LogP contribution in [0.2, 0.25) is 0 Å². The second-order valence-corrected chi connectivity index (χ2v) is 7.56. The van der Waals surface area contributed by atoms with Crippen LogP contribution in [0.15, 0.2) is 36.4 Å². The number of hydrogen-bond acceptors (Lipinski definition) is 5. The third-order valence-electron chi connectivity index (χ3n) is 5.88. The van der Waals surface area contributed by atoms with Gasteiger partial charge in [-0.05, 0) is 41.8 Å². The summed E-state index contributed by atoms with van der Waals surface area (Å²) in [6, 6.07) is 11.3. The number of carbonyl (C=O) groups is 2. The summed E-state index contributed by atoms with van der Waals surface area (Å²) in [4.78, 5) is 29.4. The molecule has 1 atom stereocenters. The van der Waals surface area contributed by atoms with Crippen molar-refractivity contribution in [3.8, 4) is 17.2 Å². The Balaban J connectivity index is 1.50. The Hall–Kier alpha value is -3.22. The summed E-state index contributed by atoms with van der Waals surface area (Å²) in [7, 11) is 4.80. The first-order valence-corrected chi connectivity index (χ1v) is 10.0. The van der Waals surface area contributed by atoms with E-state index in [4.69, 9.17) is 14.2 Å². The monoisotopic (exact) mass is 410 g/mol. The Morgan fingerprint density at radius 3 is 2.33 bits per heavy atom. The molecule has 1 fully saturated rings. The summed E-state index contributed by atoms with van der Waals surface area (Å²) >= 11 is 0. The van der Waals surface area contributed by atoms with E-state index in [1.54, 1.807) is 26.2 Å². The highest BCUT2D eigenvalue weighted by molar-refractivity contribution is 6.01. The molecule has 1 saturated heterocycles. The van der Waals surface area contributed by atoms with E-state index < -0.39 is 0 Å². The van der Waals surface area contributed by atoms with Crippen LogP contribution in [0.5, 0.6) is 17.2 Å². The number of rotatable bonds is 5. The van der Waals surface area contributed by atoms with Crippen molar-refractivity contribution < 1.29 is 23.8 Å². The lowest BCUT2D eigenvalue weighted by Gasteiger charge is -2.31. The summed E-state index contributed by atoms with van der Waals surface area (Å²) in [5, 5.41) is 0. The van der Waals surface area contributed by atoms with E-state index in [-0.39, 0.29) is 24.2 Å². The van der Waals surface area contributed by atoms with Crippen molar-refractivity contribution in [1.82, 2.24) is 4.90 Å². The van der Waals surface area contributed by atoms with Crippen molar-refractivity contribution >= 4 is 17.5 Å². The molecule has 0 bridgehead atoms. The van der Waals surface area contributed by atoms with Gasteiger partial charge in [-0.2, -0.15) is 0 Å². The molecule has 0 aliphatic carbocycles. The maximum absolute atomic E-state index is 13.2. The average molecular weight is 410 g/mol. The van der Waals surface area contributed by atoms with E-state index in [9.17, 15) is 9.59 Å². The van der Waals surface area contributed by atoms with Crippen molar-refractivity contribution in [3.05, 3.63) is 47.5 Å². The van der Waals surface area contributed by atoms with E-state index in [0.717, 1.165) is 17.5 Å². The van der Waals surface area contributed by atoms with E-state index in [1.807, 2.05) is 41.3 Å². The zero-order valence-electron chi connectivity index (χ0n) is 17.5. The van der Waals surface area contributed by atoms with Crippen LogP contribution >= 0.6 is 0 Å². The van der Waals surface area contributed by atoms with Gasteiger partial charge < -0.3 is 24.0 Å². The number of carbonyl (C=O) groups excluding carboxylic acids is 2. The van der Waals surface area contributed by atoms with Crippen LogP contribution in [0, 0.1) is 5.92 Å². The fourth-order valence-electron chi connectivity index (χ4n) is 4.29. The van der Waals surface area contributed by atoms with Gasteiger partial charge in [0.1, 0.15) is 5.75 Å². The third kappa shape index (κ3) is 3.56. The number of fused-ring (bicyclic) bond motifs is 1. The fraction of sp³-hybridized carbons (Fsp3) is 0.391. The normalized spacial score (nSPS) is 18.2. The number of benzene rings is 2. The summed E-state index contributed by atoms with van der Waals surface area (Å²) < 4.78 is 16.2. The van der Waals surface area contributed by atoms with E-state index in [2.05, 4.69) is 0 Å². The number of amides is 2. The first-order chi connectivity index (χ1) is 14.5. The van der Waals surface area contributed by atoms with Crippen molar-refractivity contribution in [3.63, 3.8) is 0 Å². The zero-order valence-corrected chi connectivity index (χ0v) is 17.5. The van der Waals surface area contributed by atoms with Gasteiger partial charge in [0.25, 0.3) is 0 Å². The molecule has 0 saturated carbocycles. The topological polar surface area (TPSA) is 68.3 Å². The minimum Gasteiger partial charge on any atom is -0.495 e. The van der Waals surface area contributed by atoms with Crippen LogP contribution in [0.25, 0.3) is 0 Å². The van der Waals surface area contributed by atoms with Gasteiger partial charge >= 0.3 is 0 Å². The molecule has 2 aliphatic rings. The van der Waals surface area contributed by atoms with Gasteiger partial charge in [0.15, 0.2) is 11.5 Å². The predicted octanol–water partition coefficient (Wildman–Crippen LogP) is 2.65. The van der Waals surface area contributed by atoms with E-state index in [0.29, 0.717) is 42.6 Å². The highest BCUT2D eigenvalue weighted by atomic mass is 16.5. The molecule has 0 aromatic heterocycles. The van der Waals surface area contributed by atoms with E-state index >= 15 is 0 Å². The van der Waals surface area contributed by atoms with Crippen molar-refractivity contribution in [2.75, 3.05) is 39.3 Å². The van der Waals surface area contributed by atoms with Crippen LogP contribution in [0.3, 0.4) is 0 Å². The summed E-state index contributed by atoms with van der Waals surface area (Å²) in [5.74, 6) is 1.59.